The largest absolute Gasteiger partial charge is 0.477 e. The predicted octanol–water partition coefficient (Wildman–Crippen LogP) is 7.73. The third kappa shape index (κ3) is 6.74. The van der Waals surface area contributed by atoms with Gasteiger partial charge in [0.2, 0.25) is 11.8 Å². The van der Waals surface area contributed by atoms with Crippen LogP contribution in [0.5, 0.6) is 5.88 Å². The number of aromatic nitrogens is 5. The summed E-state index contributed by atoms with van der Waals surface area (Å²) in [5.74, 6) is 1.86. The van der Waals surface area contributed by atoms with Gasteiger partial charge in [-0.25, -0.2) is 24.3 Å². The van der Waals surface area contributed by atoms with Crippen LogP contribution in [-0.4, -0.2) is 38.1 Å². The van der Waals surface area contributed by atoms with Crippen molar-refractivity contribution in [3.05, 3.63) is 83.5 Å². The number of nitrogens with zero attached hydrogens (tertiary/aromatic N) is 4. The van der Waals surface area contributed by atoms with Crippen molar-refractivity contribution in [3.8, 4) is 28.5 Å². The van der Waals surface area contributed by atoms with E-state index in [4.69, 9.17) is 26.3 Å². The van der Waals surface area contributed by atoms with Gasteiger partial charge in [-0.15, -0.1) is 0 Å². The molecule has 0 aliphatic heterocycles. The number of hydrogen-bond donors (Lipinski definition) is 2. The van der Waals surface area contributed by atoms with E-state index in [0.29, 0.717) is 29.9 Å². The molecule has 7 nitrogen and oxygen atoms in total. The molecule has 0 amide bonds. The first-order chi connectivity index (χ1) is 19.5. The number of aromatic amines is 1. The van der Waals surface area contributed by atoms with Crippen LogP contribution in [0.4, 0.5) is 10.3 Å². The standard InChI is InChI=1S/C31H32ClFN6O/c1-3-4-16-34-31-35-17-15-26(37-31)30-29(21-10-12-22(33)13-11-21)38-27(39-30)14-9-20(2)19-40-28-18-24(32)23-7-5-6-8-25(23)36-28/h5-8,10-13,15,17-18,20H,3-4,9,14,16,19H2,1-2H3,(H,38,39)(H,34,35,37)/t20-/m0/s1. The maximum atomic E-state index is 13.7. The van der Waals surface area contributed by atoms with Crippen LogP contribution in [-0.2, 0) is 6.42 Å². The van der Waals surface area contributed by atoms with Gasteiger partial charge in [-0.3, -0.25) is 0 Å². The molecular weight excluding hydrogens is 527 g/mol. The minimum Gasteiger partial charge on any atom is -0.477 e. The summed E-state index contributed by atoms with van der Waals surface area (Å²) in [5, 5.41) is 4.81. The number of halogens is 2. The van der Waals surface area contributed by atoms with Crippen LogP contribution in [0.1, 0.15) is 38.9 Å². The smallest absolute Gasteiger partial charge is 0.223 e. The number of hydrogen-bond acceptors (Lipinski definition) is 6. The summed E-state index contributed by atoms with van der Waals surface area (Å²) in [7, 11) is 0. The quantitative estimate of drug-likeness (QED) is 0.152. The monoisotopic (exact) mass is 558 g/mol. The molecule has 0 aliphatic rings. The normalized spacial score (nSPS) is 12.0. The first-order valence-electron chi connectivity index (χ1n) is 13.6. The van der Waals surface area contributed by atoms with Crippen molar-refractivity contribution in [1.29, 1.82) is 0 Å². The molecule has 0 spiro atoms. The number of benzene rings is 2. The summed E-state index contributed by atoms with van der Waals surface area (Å²) in [4.78, 5) is 22.0. The Balaban J connectivity index is 1.30. The molecule has 0 fully saturated rings. The number of nitrogens with one attached hydrogen (secondary N) is 2. The maximum absolute atomic E-state index is 13.7. The Morgan fingerprint density at radius 1 is 1.05 bits per heavy atom. The Kier molecular flexibility index (Phi) is 8.86. The number of H-pyrrole nitrogens is 1. The maximum Gasteiger partial charge on any atom is 0.223 e. The van der Waals surface area contributed by atoms with Crippen molar-refractivity contribution >= 4 is 28.5 Å². The van der Waals surface area contributed by atoms with Gasteiger partial charge in [0.05, 0.1) is 34.2 Å². The third-order valence-corrected chi connectivity index (χ3v) is 6.94. The zero-order valence-electron chi connectivity index (χ0n) is 22.6. The molecule has 2 N–H and O–H groups in total. The van der Waals surface area contributed by atoms with E-state index in [2.05, 4.69) is 34.1 Å². The van der Waals surface area contributed by atoms with Gasteiger partial charge in [-0.1, -0.05) is 50.1 Å². The molecular formula is C31H32ClFN6O. The average molecular weight is 559 g/mol. The summed E-state index contributed by atoms with van der Waals surface area (Å²) in [6.45, 7) is 5.58. The lowest BCUT2D eigenvalue weighted by atomic mass is 10.1. The van der Waals surface area contributed by atoms with Crippen LogP contribution in [0.3, 0.4) is 0 Å². The van der Waals surface area contributed by atoms with E-state index < -0.39 is 0 Å². The molecule has 0 bridgehead atoms. The molecule has 0 radical (unpaired) electrons. The molecule has 1 atom stereocenters. The van der Waals surface area contributed by atoms with E-state index in [0.717, 1.165) is 65.2 Å². The number of imidazole rings is 1. The molecule has 3 aromatic heterocycles. The minimum absolute atomic E-state index is 0.239. The van der Waals surface area contributed by atoms with Crippen molar-refractivity contribution in [2.75, 3.05) is 18.5 Å². The van der Waals surface area contributed by atoms with E-state index in [1.54, 1.807) is 24.4 Å². The third-order valence-electron chi connectivity index (χ3n) is 6.63. The lowest BCUT2D eigenvalue weighted by Gasteiger charge is -2.12. The van der Waals surface area contributed by atoms with Gasteiger partial charge in [-0.05, 0) is 55.2 Å². The number of para-hydroxylation sites is 1. The van der Waals surface area contributed by atoms with Crippen molar-refractivity contribution in [3.63, 3.8) is 0 Å². The second-order valence-electron chi connectivity index (χ2n) is 9.87. The molecule has 40 heavy (non-hydrogen) atoms. The first-order valence-corrected chi connectivity index (χ1v) is 14.0. The fourth-order valence-electron chi connectivity index (χ4n) is 4.38. The summed E-state index contributed by atoms with van der Waals surface area (Å²) in [6.07, 6.45) is 5.40. The fraction of sp³-hybridized carbons (Fsp3) is 0.290. The van der Waals surface area contributed by atoms with Crippen molar-refractivity contribution in [2.24, 2.45) is 5.92 Å². The highest BCUT2D eigenvalue weighted by Crippen LogP contribution is 2.31. The first kappa shape index (κ1) is 27.5. The summed E-state index contributed by atoms with van der Waals surface area (Å²) >= 11 is 6.42. The molecule has 0 unspecified atom stereocenters. The van der Waals surface area contributed by atoms with E-state index >= 15 is 0 Å². The highest BCUT2D eigenvalue weighted by molar-refractivity contribution is 6.35. The number of fused-ring (bicyclic) bond motifs is 1. The van der Waals surface area contributed by atoms with Crippen LogP contribution in [0.2, 0.25) is 5.02 Å². The molecule has 0 saturated carbocycles. The van der Waals surface area contributed by atoms with Crippen LogP contribution in [0.25, 0.3) is 33.5 Å². The van der Waals surface area contributed by atoms with Crippen LogP contribution in [0, 0.1) is 11.7 Å². The zero-order valence-corrected chi connectivity index (χ0v) is 23.4. The zero-order chi connectivity index (χ0) is 27.9. The minimum atomic E-state index is -0.290. The SMILES string of the molecule is CCCCNc1nccc(-c2[nH]c(CC[C@H](C)COc3cc(Cl)c4ccccc4n3)nc2-c2ccc(F)cc2)n1. The van der Waals surface area contributed by atoms with Gasteiger partial charge in [0, 0.05) is 36.2 Å². The summed E-state index contributed by atoms with van der Waals surface area (Å²) in [5.41, 5.74) is 3.85. The van der Waals surface area contributed by atoms with Crippen LogP contribution in [0.15, 0.2) is 66.9 Å². The Morgan fingerprint density at radius 2 is 1.88 bits per heavy atom. The fourth-order valence-corrected chi connectivity index (χ4v) is 4.63. The Bertz CT molecular complexity index is 1570. The highest BCUT2D eigenvalue weighted by Gasteiger charge is 2.17. The van der Waals surface area contributed by atoms with Gasteiger partial charge in [0.15, 0.2) is 0 Å². The molecule has 206 valence electrons. The Morgan fingerprint density at radius 3 is 2.70 bits per heavy atom. The van der Waals surface area contributed by atoms with Crippen molar-refractivity contribution in [1.82, 2.24) is 24.9 Å². The topological polar surface area (TPSA) is 88.6 Å². The number of ether oxygens (including phenoxy) is 1. The van der Waals surface area contributed by atoms with Gasteiger partial charge >= 0.3 is 0 Å². The predicted molar refractivity (Wildman–Crippen MR) is 158 cm³/mol. The second kappa shape index (κ2) is 12.9. The number of pyridine rings is 1. The molecule has 5 rings (SSSR count). The van der Waals surface area contributed by atoms with E-state index in [-0.39, 0.29) is 11.7 Å². The summed E-state index contributed by atoms with van der Waals surface area (Å²) in [6, 6.07) is 17.7. The molecule has 0 saturated heterocycles. The lowest BCUT2D eigenvalue weighted by Crippen LogP contribution is -2.10. The molecule has 0 aliphatic carbocycles. The lowest BCUT2D eigenvalue weighted by molar-refractivity contribution is 0.244. The van der Waals surface area contributed by atoms with Gasteiger partial charge in [0.25, 0.3) is 0 Å². The Hall–Kier alpha value is -4.04. The van der Waals surface area contributed by atoms with Gasteiger partial charge < -0.3 is 15.0 Å². The van der Waals surface area contributed by atoms with Gasteiger partial charge in [-0.2, -0.15) is 0 Å². The number of anilines is 1. The number of rotatable bonds is 12. The highest BCUT2D eigenvalue weighted by atomic mass is 35.5. The molecule has 3 heterocycles. The van der Waals surface area contributed by atoms with Gasteiger partial charge in [0.1, 0.15) is 11.6 Å². The van der Waals surface area contributed by atoms with E-state index in [9.17, 15) is 4.39 Å². The van der Waals surface area contributed by atoms with Crippen molar-refractivity contribution < 1.29 is 9.13 Å². The summed E-state index contributed by atoms with van der Waals surface area (Å²) < 4.78 is 19.6. The molecule has 2 aromatic carbocycles. The number of aryl methyl sites for hydroxylation is 1. The van der Waals surface area contributed by atoms with Crippen LogP contribution >= 0.6 is 11.6 Å². The molecule has 5 aromatic rings. The average Bonchev–Trinajstić information content (AvgIpc) is 3.40. The van der Waals surface area contributed by atoms with E-state index in [1.165, 1.54) is 12.1 Å². The second-order valence-corrected chi connectivity index (χ2v) is 10.3. The molecule has 9 heteroatoms. The van der Waals surface area contributed by atoms with E-state index in [1.807, 2.05) is 30.3 Å². The number of unbranched alkanes of at least 4 members (excludes halogenated alkanes) is 1. The van der Waals surface area contributed by atoms with Crippen LogP contribution < -0.4 is 10.1 Å². The Labute approximate surface area is 238 Å². The van der Waals surface area contributed by atoms with Crippen molar-refractivity contribution in [2.45, 2.75) is 39.5 Å².